The van der Waals surface area contributed by atoms with Crippen LogP contribution in [0.4, 0.5) is 0 Å². The highest BCUT2D eigenvalue weighted by Crippen LogP contribution is 1.96. The molecule has 1 rings (SSSR count). The summed E-state index contributed by atoms with van der Waals surface area (Å²) in [4.78, 5) is 19.2. The molecule has 5 heteroatoms. The van der Waals surface area contributed by atoms with Crippen LogP contribution in [0.5, 0.6) is 0 Å². The van der Waals surface area contributed by atoms with E-state index in [1.165, 1.54) is 0 Å². The smallest absolute Gasteiger partial charge is 0.234 e. The van der Waals surface area contributed by atoms with Gasteiger partial charge in [-0.2, -0.15) is 0 Å². The summed E-state index contributed by atoms with van der Waals surface area (Å²) in [7, 11) is 0. The number of amides is 1. The molecule has 1 unspecified atom stereocenters. The lowest BCUT2D eigenvalue weighted by Gasteiger charge is -2.12. The minimum atomic E-state index is -0.330. The predicted molar refractivity (Wildman–Crippen MR) is 56.9 cm³/mol. The number of nitrogens with one attached hydrogen (secondary N) is 1. The Hall–Kier alpha value is -1.49. The molecule has 0 saturated heterocycles. The average molecular weight is 208 g/mol. The molecule has 82 valence electrons. The summed E-state index contributed by atoms with van der Waals surface area (Å²) in [5, 5.41) is 3.05. The molecule has 1 atom stereocenters. The zero-order valence-corrected chi connectivity index (χ0v) is 9.03. The number of carbonyl (C=O) groups is 1. The number of primary amides is 1. The monoisotopic (exact) mass is 208 g/mol. The number of hydrogen-bond donors (Lipinski definition) is 2. The minimum Gasteiger partial charge on any atom is -0.368 e. The van der Waals surface area contributed by atoms with Gasteiger partial charge in [-0.3, -0.25) is 4.79 Å². The second-order valence-corrected chi connectivity index (χ2v) is 3.34. The summed E-state index contributed by atoms with van der Waals surface area (Å²) in [6.07, 6.45) is 2.38. The first-order valence-electron chi connectivity index (χ1n) is 4.94. The molecule has 0 fully saturated rings. The molecular weight excluding hydrogens is 192 g/mol. The van der Waals surface area contributed by atoms with E-state index in [1.54, 1.807) is 6.20 Å². The van der Waals surface area contributed by atoms with Crippen molar-refractivity contribution in [3.63, 3.8) is 0 Å². The van der Waals surface area contributed by atoms with Crippen LogP contribution in [0, 0.1) is 6.92 Å². The van der Waals surface area contributed by atoms with E-state index in [-0.39, 0.29) is 11.9 Å². The molecule has 15 heavy (non-hydrogen) atoms. The summed E-state index contributed by atoms with van der Waals surface area (Å²) < 4.78 is 0. The van der Waals surface area contributed by atoms with Crippen LogP contribution in [0.15, 0.2) is 12.3 Å². The van der Waals surface area contributed by atoms with E-state index in [0.29, 0.717) is 13.0 Å². The SMILES string of the molecule is CCC(NCc1ccnc(C)n1)C(N)=O. The van der Waals surface area contributed by atoms with Crippen LogP contribution in [0.25, 0.3) is 0 Å². The maximum Gasteiger partial charge on any atom is 0.234 e. The lowest BCUT2D eigenvalue weighted by atomic mass is 10.2. The number of rotatable bonds is 5. The van der Waals surface area contributed by atoms with Crippen molar-refractivity contribution in [2.24, 2.45) is 5.73 Å². The van der Waals surface area contributed by atoms with Gasteiger partial charge < -0.3 is 11.1 Å². The summed E-state index contributed by atoms with van der Waals surface area (Å²) in [6, 6.07) is 1.52. The minimum absolute atomic E-state index is 0.291. The fourth-order valence-electron chi connectivity index (χ4n) is 1.28. The number of nitrogens with zero attached hydrogens (tertiary/aromatic N) is 2. The van der Waals surface area contributed by atoms with Gasteiger partial charge in [0.05, 0.1) is 11.7 Å². The Kier molecular flexibility index (Phi) is 4.17. The van der Waals surface area contributed by atoms with Crippen molar-refractivity contribution in [2.45, 2.75) is 32.9 Å². The second kappa shape index (κ2) is 5.41. The zero-order chi connectivity index (χ0) is 11.3. The van der Waals surface area contributed by atoms with Gasteiger partial charge in [-0.1, -0.05) is 6.92 Å². The molecule has 3 N–H and O–H groups in total. The zero-order valence-electron chi connectivity index (χ0n) is 9.03. The molecule has 0 aliphatic heterocycles. The van der Waals surface area contributed by atoms with Crippen LogP contribution in [-0.2, 0) is 11.3 Å². The molecule has 0 saturated carbocycles. The van der Waals surface area contributed by atoms with Crippen molar-refractivity contribution < 1.29 is 4.79 Å². The van der Waals surface area contributed by atoms with Crippen LogP contribution in [0.1, 0.15) is 24.9 Å². The Balaban J connectivity index is 2.52. The van der Waals surface area contributed by atoms with Crippen molar-refractivity contribution in [1.82, 2.24) is 15.3 Å². The van der Waals surface area contributed by atoms with Gasteiger partial charge >= 0.3 is 0 Å². The first-order valence-corrected chi connectivity index (χ1v) is 4.94. The van der Waals surface area contributed by atoms with Crippen LogP contribution >= 0.6 is 0 Å². The topological polar surface area (TPSA) is 80.9 Å². The van der Waals surface area contributed by atoms with Gasteiger partial charge in [0.25, 0.3) is 0 Å². The summed E-state index contributed by atoms with van der Waals surface area (Å²) in [6.45, 7) is 4.27. The molecule has 1 amide bonds. The molecular formula is C10H16N4O. The second-order valence-electron chi connectivity index (χ2n) is 3.34. The van der Waals surface area contributed by atoms with E-state index in [1.807, 2.05) is 19.9 Å². The van der Waals surface area contributed by atoms with Gasteiger partial charge in [-0.25, -0.2) is 9.97 Å². The van der Waals surface area contributed by atoms with Crippen LogP contribution in [-0.4, -0.2) is 21.9 Å². The molecule has 0 radical (unpaired) electrons. The highest BCUT2D eigenvalue weighted by molar-refractivity contribution is 5.79. The molecule has 0 aromatic carbocycles. The number of carbonyl (C=O) groups excluding carboxylic acids is 1. The maximum atomic E-state index is 10.9. The largest absolute Gasteiger partial charge is 0.368 e. The van der Waals surface area contributed by atoms with E-state index in [9.17, 15) is 4.79 Å². The first-order chi connectivity index (χ1) is 7.13. The molecule has 0 aliphatic rings. The highest BCUT2D eigenvalue weighted by atomic mass is 16.1. The van der Waals surface area contributed by atoms with Crippen LogP contribution in [0.3, 0.4) is 0 Å². The summed E-state index contributed by atoms with van der Waals surface area (Å²) in [5.74, 6) is 0.393. The molecule has 0 spiro atoms. The van der Waals surface area contributed by atoms with Crippen LogP contribution < -0.4 is 11.1 Å². The van der Waals surface area contributed by atoms with E-state index >= 15 is 0 Å². The summed E-state index contributed by atoms with van der Waals surface area (Å²) in [5.41, 5.74) is 6.07. The van der Waals surface area contributed by atoms with Crippen molar-refractivity contribution >= 4 is 5.91 Å². The third kappa shape index (κ3) is 3.63. The number of aromatic nitrogens is 2. The Morgan fingerprint density at radius 3 is 2.93 bits per heavy atom. The fraction of sp³-hybridized carbons (Fsp3) is 0.500. The van der Waals surface area contributed by atoms with Gasteiger partial charge in [0.1, 0.15) is 5.82 Å². The quantitative estimate of drug-likeness (QED) is 0.721. The molecule has 5 nitrogen and oxygen atoms in total. The molecule has 1 heterocycles. The van der Waals surface area contributed by atoms with Crippen molar-refractivity contribution in [3.05, 3.63) is 23.8 Å². The lowest BCUT2D eigenvalue weighted by molar-refractivity contribution is -0.120. The Morgan fingerprint density at radius 1 is 1.67 bits per heavy atom. The molecule has 0 aliphatic carbocycles. The third-order valence-corrected chi connectivity index (χ3v) is 2.11. The van der Waals surface area contributed by atoms with E-state index < -0.39 is 0 Å². The molecule has 0 bridgehead atoms. The van der Waals surface area contributed by atoms with Gasteiger partial charge in [-0.05, 0) is 19.4 Å². The van der Waals surface area contributed by atoms with E-state index in [2.05, 4.69) is 15.3 Å². The predicted octanol–water partition coefficient (Wildman–Crippen LogP) is 0.139. The van der Waals surface area contributed by atoms with E-state index in [0.717, 1.165) is 11.5 Å². The van der Waals surface area contributed by atoms with Gasteiger partial charge in [-0.15, -0.1) is 0 Å². The summed E-state index contributed by atoms with van der Waals surface area (Å²) >= 11 is 0. The van der Waals surface area contributed by atoms with Gasteiger partial charge in [0.2, 0.25) is 5.91 Å². The molecule has 1 aromatic heterocycles. The Bertz CT molecular complexity index is 340. The van der Waals surface area contributed by atoms with E-state index in [4.69, 9.17) is 5.73 Å². The number of nitrogens with two attached hydrogens (primary N) is 1. The van der Waals surface area contributed by atoms with Gasteiger partial charge in [0, 0.05) is 12.7 Å². The molecule has 1 aromatic rings. The van der Waals surface area contributed by atoms with Crippen molar-refractivity contribution in [3.8, 4) is 0 Å². The fourth-order valence-corrected chi connectivity index (χ4v) is 1.28. The Labute approximate surface area is 89.1 Å². The van der Waals surface area contributed by atoms with Crippen molar-refractivity contribution in [2.75, 3.05) is 0 Å². The first kappa shape index (κ1) is 11.6. The third-order valence-electron chi connectivity index (χ3n) is 2.11. The standard InChI is InChI=1S/C10H16N4O/c1-3-9(10(11)15)13-6-8-4-5-12-7(2)14-8/h4-5,9,13H,3,6H2,1-2H3,(H2,11,15). The van der Waals surface area contributed by atoms with Crippen molar-refractivity contribution in [1.29, 1.82) is 0 Å². The number of aryl methyl sites for hydroxylation is 1. The Morgan fingerprint density at radius 2 is 2.40 bits per heavy atom. The normalized spacial score (nSPS) is 12.4. The van der Waals surface area contributed by atoms with Gasteiger partial charge in [0.15, 0.2) is 0 Å². The maximum absolute atomic E-state index is 10.9. The van der Waals surface area contributed by atoms with Crippen LogP contribution in [0.2, 0.25) is 0 Å². The lowest BCUT2D eigenvalue weighted by Crippen LogP contribution is -2.40. The average Bonchev–Trinajstić information content (AvgIpc) is 2.18. The highest BCUT2D eigenvalue weighted by Gasteiger charge is 2.11. The number of hydrogen-bond acceptors (Lipinski definition) is 4.